The normalized spacial score (nSPS) is 14.4. The third-order valence-electron chi connectivity index (χ3n) is 7.35. The van der Waals surface area contributed by atoms with E-state index < -0.39 is 28.5 Å². The molecule has 1 atom stereocenters. The predicted molar refractivity (Wildman–Crippen MR) is 165 cm³/mol. The number of sulfonamides is 1. The first-order valence-corrected chi connectivity index (χ1v) is 16.2. The van der Waals surface area contributed by atoms with Crippen LogP contribution in [0.5, 0.6) is 0 Å². The lowest BCUT2D eigenvalue weighted by Gasteiger charge is -2.34. The van der Waals surface area contributed by atoms with Crippen LogP contribution >= 0.6 is 23.2 Å². The van der Waals surface area contributed by atoms with Gasteiger partial charge in [0.15, 0.2) is 0 Å². The van der Waals surface area contributed by atoms with Crippen LogP contribution < -0.4 is 9.62 Å². The zero-order valence-corrected chi connectivity index (χ0v) is 25.6. The third-order valence-corrected chi connectivity index (χ3v) is 8.96. The van der Waals surface area contributed by atoms with E-state index in [2.05, 4.69) is 5.32 Å². The standard InChI is InChI=1S/C31H35Cl2N3O4S/c1-22-18-26(33)16-17-28(22)36(41(2,39)40)21-30(37)35(20-24-12-14-25(32)15-13-24)29(19-23-8-4-3-5-9-23)31(38)34-27-10-6-7-11-27/h3-5,8-9,12-18,27,29H,6-7,10-11,19-21H2,1-2H3,(H,34,38). The van der Waals surface area contributed by atoms with Crippen molar-refractivity contribution in [2.45, 2.75) is 57.7 Å². The lowest BCUT2D eigenvalue weighted by atomic mass is 10.0. The van der Waals surface area contributed by atoms with Gasteiger partial charge in [-0.3, -0.25) is 13.9 Å². The van der Waals surface area contributed by atoms with Crippen molar-refractivity contribution in [3.8, 4) is 0 Å². The van der Waals surface area contributed by atoms with E-state index in [1.165, 1.54) is 4.90 Å². The highest BCUT2D eigenvalue weighted by Gasteiger charge is 2.34. The number of hydrogen-bond donors (Lipinski definition) is 1. The zero-order valence-electron chi connectivity index (χ0n) is 23.2. The number of aryl methyl sites for hydroxylation is 1. The van der Waals surface area contributed by atoms with Gasteiger partial charge in [0, 0.05) is 29.1 Å². The van der Waals surface area contributed by atoms with Crippen molar-refractivity contribution in [3.63, 3.8) is 0 Å². The third kappa shape index (κ3) is 8.47. The van der Waals surface area contributed by atoms with Crippen LogP contribution in [0.4, 0.5) is 5.69 Å². The van der Waals surface area contributed by atoms with Crippen molar-refractivity contribution in [1.29, 1.82) is 0 Å². The summed E-state index contributed by atoms with van der Waals surface area (Å²) in [6.07, 6.45) is 5.22. The summed E-state index contributed by atoms with van der Waals surface area (Å²) in [5.41, 5.74) is 2.62. The van der Waals surface area contributed by atoms with Crippen LogP contribution in [0.3, 0.4) is 0 Å². The second-order valence-electron chi connectivity index (χ2n) is 10.5. The van der Waals surface area contributed by atoms with E-state index in [1.54, 1.807) is 49.4 Å². The molecule has 10 heteroatoms. The van der Waals surface area contributed by atoms with Crippen molar-refractivity contribution in [3.05, 3.63) is 99.5 Å². The quantitative estimate of drug-likeness (QED) is 0.297. The molecule has 218 valence electrons. The van der Waals surface area contributed by atoms with Crippen LogP contribution in [0.1, 0.15) is 42.4 Å². The van der Waals surface area contributed by atoms with Crippen molar-refractivity contribution >= 4 is 50.7 Å². The molecular weight excluding hydrogens is 581 g/mol. The van der Waals surface area contributed by atoms with Gasteiger partial charge in [0.2, 0.25) is 21.8 Å². The van der Waals surface area contributed by atoms with Crippen LogP contribution in [0.2, 0.25) is 10.0 Å². The van der Waals surface area contributed by atoms with E-state index in [4.69, 9.17) is 23.2 Å². The van der Waals surface area contributed by atoms with Crippen LogP contribution in [-0.2, 0) is 32.6 Å². The first-order chi connectivity index (χ1) is 19.5. The van der Waals surface area contributed by atoms with Gasteiger partial charge in [-0.25, -0.2) is 8.42 Å². The molecule has 1 aliphatic rings. The second-order valence-corrected chi connectivity index (χ2v) is 13.3. The number of rotatable bonds is 11. The Hall–Kier alpha value is -3.07. The number of amides is 2. The first-order valence-electron chi connectivity index (χ1n) is 13.6. The van der Waals surface area contributed by atoms with Gasteiger partial charge in [0.25, 0.3) is 0 Å². The number of hydrogen-bond acceptors (Lipinski definition) is 4. The number of halogens is 2. The molecule has 3 aromatic carbocycles. The molecule has 41 heavy (non-hydrogen) atoms. The highest BCUT2D eigenvalue weighted by molar-refractivity contribution is 7.92. The number of carbonyl (C=O) groups is 2. The summed E-state index contributed by atoms with van der Waals surface area (Å²) in [6, 6.07) is 20.6. The van der Waals surface area contributed by atoms with Gasteiger partial charge >= 0.3 is 0 Å². The lowest BCUT2D eigenvalue weighted by molar-refractivity contribution is -0.140. The molecule has 0 spiro atoms. The van der Waals surface area contributed by atoms with Gasteiger partial charge in [0.1, 0.15) is 12.6 Å². The molecule has 1 saturated carbocycles. The monoisotopic (exact) mass is 615 g/mol. The van der Waals surface area contributed by atoms with E-state index in [0.717, 1.165) is 47.4 Å². The van der Waals surface area contributed by atoms with E-state index in [1.807, 2.05) is 30.3 Å². The first kappa shape index (κ1) is 30.9. The SMILES string of the molecule is Cc1cc(Cl)ccc1N(CC(=O)N(Cc1ccc(Cl)cc1)C(Cc1ccccc1)C(=O)NC1CCCC1)S(C)(=O)=O. The second kappa shape index (κ2) is 13.7. The topological polar surface area (TPSA) is 86.8 Å². The molecule has 0 aromatic heterocycles. The largest absolute Gasteiger partial charge is 0.352 e. The molecule has 2 amide bonds. The molecule has 1 fully saturated rings. The van der Waals surface area contributed by atoms with Crippen LogP contribution in [0.25, 0.3) is 0 Å². The number of anilines is 1. The van der Waals surface area contributed by atoms with Crippen molar-refractivity contribution in [2.24, 2.45) is 0 Å². The minimum absolute atomic E-state index is 0.0532. The van der Waals surface area contributed by atoms with Gasteiger partial charge < -0.3 is 10.2 Å². The molecule has 0 heterocycles. The Balaban J connectivity index is 1.73. The average Bonchev–Trinajstić information content (AvgIpc) is 3.43. The van der Waals surface area contributed by atoms with E-state index in [9.17, 15) is 18.0 Å². The fraction of sp³-hybridized carbons (Fsp3) is 0.355. The smallest absolute Gasteiger partial charge is 0.244 e. The number of benzene rings is 3. The lowest BCUT2D eigenvalue weighted by Crippen LogP contribution is -2.54. The van der Waals surface area contributed by atoms with Crippen molar-refractivity contribution in [1.82, 2.24) is 10.2 Å². The molecule has 3 aromatic rings. The summed E-state index contributed by atoms with van der Waals surface area (Å²) < 4.78 is 27.0. The maximum atomic E-state index is 14.2. The minimum atomic E-state index is -3.86. The summed E-state index contributed by atoms with van der Waals surface area (Å²) in [6.45, 7) is 1.36. The zero-order chi connectivity index (χ0) is 29.6. The Kier molecular flexibility index (Phi) is 10.3. The number of carbonyl (C=O) groups excluding carboxylic acids is 2. The van der Waals surface area contributed by atoms with Gasteiger partial charge in [-0.05, 0) is 66.8 Å². The Bertz CT molecular complexity index is 1460. The molecule has 4 rings (SSSR count). The summed E-state index contributed by atoms with van der Waals surface area (Å²) in [5.74, 6) is -0.751. The average molecular weight is 617 g/mol. The molecule has 1 aliphatic carbocycles. The summed E-state index contributed by atoms with van der Waals surface area (Å²) in [4.78, 5) is 29.5. The summed E-state index contributed by atoms with van der Waals surface area (Å²) >= 11 is 12.2. The fourth-order valence-corrected chi connectivity index (χ4v) is 6.46. The van der Waals surface area contributed by atoms with Gasteiger partial charge in [-0.2, -0.15) is 0 Å². The van der Waals surface area contributed by atoms with Crippen molar-refractivity contribution in [2.75, 3.05) is 17.1 Å². The van der Waals surface area contributed by atoms with Crippen LogP contribution in [0.15, 0.2) is 72.8 Å². The number of nitrogens with one attached hydrogen (secondary N) is 1. The highest BCUT2D eigenvalue weighted by Crippen LogP contribution is 2.27. The highest BCUT2D eigenvalue weighted by atomic mass is 35.5. The summed E-state index contributed by atoms with van der Waals surface area (Å²) in [5, 5.41) is 4.17. The molecule has 1 unspecified atom stereocenters. The molecule has 1 N–H and O–H groups in total. The molecule has 0 saturated heterocycles. The molecule has 0 bridgehead atoms. The maximum Gasteiger partial charge on any atom is 0.244 e. The van der Waals surface area contributed by atoms with E-state index in [-0.39, 0.29) is 24.9 Å². The van der Waals surface area contributed by atoms with Gasteiger partial charge in [-0.15, -0.1) is 0 Å². The van der Waals surface area contributed by atoms with Crippen LogP contribution in [-0.4, -0.2) is 50.0 Å². The number of nitrogens with zero attached hydrogens (tertiary/aromatic N) is 2. The van der Waals surface area contributed by atoms with Gasteiger partial charge in [0.05, 0.1) is 11.9 Å². The van der Waals surface area contributed by atoms with E-state index in [0.29, 0.717) is 21.3 Å². The van der Waals surface area contributed by atoms with Crippen molar-refractivity contribution < 1.29 is 18.0 Å². The fourth-order valence-electron chi connectivity index (χ4n) is 5.20. The van der Waals surface area contributed by atoms with Gasteiger partial charge in [-0.1, -0.05) is 78.5 Å². The summed E-state index contributed by atoms with van der Waals surface area (Å²) in [7, 11) is -3.86. The Labute approximate surface area is 252 Å². The molecule has 0 radical (unpaired) electrons. The predicted octanol–water partition coefficient (Wildman–Crippen LogP) is 5.77. The molecular formula is C31H35Cl2N3O4S. The molecule has 0 aliphatic heterocycles. The van der Waals surface area contributed by atoms with E-state index >= 15 is 0 Å². The Morgan fingerprint density at radius 2 is 1.56 bits per heavy atom. The Morgan fingerprint density at radius 3 is 2.17 bits per heavy atom. The van der Waals surface area contributed by atoms with Crippen LogP contribution in [0, 0.1) is 6.92 Å². The Morgan fingerprint density at radius 1 is 0.927 bits per heavy atom. The maximum absolute atomic E-state index is 14.2. The molecule has 7 nitrogen and oxygen atoms in total. The minimum Gasteiger partial charge on any atom is -0.352 e.